The van der Waals surface area contributed by atoms with Gasteiger partial charge in [-0.05, 0) is 61.0 Å². The van der Waals surface area contributed by atoms with Crippen LogP contribution in [0, 0.1) is 5.82 Å². The van der Waals surface area contributed by atoms with Crippen LogP contribution in [0.5, 0.6) is 0 Å². The third kappa shape index (κ3) is 4.39. The normalized spacial score (nSPS) is 12.3. The Kier molecular flexibility index (Phi) is 5.99. The van der Waals surface area contributed by atoms with Gasteiger partial charge in [0.05, 0.1) is 10.6 Å². The maximum atomic E-state index is 13.6. The maximum Gasteiger partial charge on any atom is 0.265 e. The molecular weight excluding hydrogens is 383 g/mol. The summed E-state index contributed by atoms with van der Waals surface area (Å²) >= 11 is 5.50. The van der Waals surface area contributed by atoms with E-state index >= 15 is 0 Å². The van der Waals surface area contributed by atoms with Gasteiger partial charge in [0.2, 0.25) is 11.1 Å². The van der Waals surface area contributed by atoms with E-state index in [0.29, 0.717) is 5.69 Å². The van der Waals surface area contributed by atoms with E-state index in [1.807, 2.05) is 0 Å². The van der Waals surface area contributed by atoms with E-state index in [1.54, 1.807) is 0 Å². The minimum Gasteiger partial charge on any atom is -0.326 e. The molecule has 0 aromatic heterocycles. The van der Waals surface area contributed by atoms with Crippen molar-refractivity contribution in [3.8, 4) is 0 Å². The number of benzene rings is 2. The van der Waals surface area contributed by atoms with Gasteiger partial charge in [0.15, 0.2) is 0 Å². The first-order valence-corrected chi connectivity index (χ1v) is 9.31. The fourth-order valence-electron chi connectivity index (χ4n) is 2.30. The second-order valence-corrected chi connectivity index (χ2v) is 7.65. The zero-order chi connectivity index (χ0) is 19.5. The van der Waals surface area contributed by atoms with Gasteiger partial charge in [0, 0.05) is 12.6 Å². The molecule has 2 aromatic carbocycles. The molecule has 1 amide bonds. The van der Waals surface area contributed by atoms with Crippen LogP contribution in [0.1, 0.15) is 13.8 Å². The molecule has 1 atom stereocenters. The van der Waals surface area contributed by atoms with Crippen LogP contribution in [-0.2, 0) is 19.6 Å². The van der Waals surface area contributed by atoms with Crippen LogP contribution in [0.25, 0.3) is 0 Å². The molecule has 0 bridgehead atoms. The second-order valence-electron chi connectivity index (χ2n) is 5.47. The van der Waals surface area contributed by atoms with Gasteiger partial charge in [0.25, 0.3) is 10.0 Å². The number of anilines is 2. The van der Waals surface area contributed by atoms with Gasteiger partial charge >= 0.3 is 0 Å². The fourth-order valence-corrected chi connectivity index (χ4v) is 4.07. The number of nitrogens with one attached hydrogen (secondary N) is 1. The zero-order valence-corrected chi connectivity index (χ0v) is 15.5. The van der Waals surface area contributed by atoms with Crippen LogP contribution in [0.3, 0.4) is 0 Å². The van der Waals surface area contributed by atoms with E-state index in [9.17, 15) is 22.4 Å². The number of nitrogens with zero attached hydrogens (tertiary/aromatic N) is 1. The third-order valence-electron chi connectivity index (χ3n) is 3.47. The lowest BCUT2D eigenvalue weighted by atomic mass is 10.2. The summed E-state index contributed by atoms with van der Waals surface area (Å²) in [5.41, 5.74) is 0.382. The molecule has 0 heterocycles. The van der Waals surface area contributed by atoms with Gasteiger partial charge in [-0.3, -0.25) is 13.9 Å². The number of rotatable bonds is 6. The second kappa shape index (κ2) is 7.84. The molecule has 0 aliphatic rings. The number of hydrogen-bond acceptors (Lipinski definition) is 4. The SMILES string of the molecule is CC(=O)Nc1ccc(S(=O)(=O)N(c2cccc(F)c2)C(C)C(=O)Cl)cc1. The molecule has 0 aliphatic heterocycles. The van der Waals surface area contributed by atoms with Crippen molar-refractivity contribution in [3.05, 3.63) is 54.3 Å². The molecule has 2 aromatic rings. The molecule has 9 heteroatoms. The molecule has 1 unspecified atom stereocenters. The molecular formula is C17H16ClFN2O4S. The maximum absolute atomic E-state index is 13.6. The molecule has 0 fully saturated rings. The number of amides is 1. The van der Waals surface area contributed by atoms with Crippen molar-refractivity contribution < 1.29 is 22.4 Å². The summed E-state index contributed by atoms with van der Waals surface area (Å²) < 4.78 is 40.4. The molecule has 0 spiro atoms. The van der Waals surface area contributed by atoms with Crippen LogP contribution >= 0.6 is 11.6 Å². The van der Waals surface area contributed by atoms with Gasteiger partial charge in [-0.15, -0.1) is 0 Å². The molecule has 0 saturated carbocycles. The summed E-state index contributed by atoms with van der Waals surface area (Å²) in [6.07, 6.45) is 0. The highest BCUT2D eigenvalue weighted by Crippen LogP contribution is 2.28. The number of hydrogen-bond donors (Lipinski definition) is 1. The highest BCUT2D eigenvalue weighted by atomic mass is 35.5. The Labute approximate surface area is 155 Å². The molecule has 26 heavy (non-hydrogen) atoms. The van der Waals surface area contributed by atoms with Gasteiger partial charge < -0.3 is 5.32 Å². The molecule has 0 saturated heterocycles. The third-order valence-corrected chi connectivity index (χ3v) is 5.70. The van der Waals surface area contributed by atoms with Gasteiger partial charge in [0.1, 0.15) is 11.9 Å². The predicted molar refractivity (Wildman–Crippen MR) is 97.1 cm³/mol. The van der Waals surface area contributed by atoms with Crippen molar-refractivity contribution in [2.24, 2.45) is 0 Å². The molecule has 0 radical (unpaired) electrons. The van der Waals surface area contributed by atoms with Crippen LogP contribution in [-0.4, -0.2) is 25.6 Å². The number of halogens is 2. The first-order valence-electron chi connectivity index (χ1n) is 7.50. The Balaban J connectivity index is 2.52. The van der Waals surface area contributed by atoms with Crippen molar-refractivity contribution >= 4 is 44.1 Å². The van der Waals surface area contributed by atoms with E-state index < -0.39 is 27.1 Å². The van der Waals surface area contributed by atoms with Crippen molar-refractivity contribution in [2.45, 2.75) is 24.8 Å². The standard InChI is InChI=1S/C17H16ClFN2O4S/c1-11(17(18)23)21(15-5-3-4-13(19)10-15)26(24,25)16-8-6-14(7-9-16)20-12(2)22/h3-11H,1-2H3,(H,20,22). The minimum absolute atomic E-state index is 0.0302. The summed E-state index contributed by atoms with van der Waals surface area (Å²) in [6, 6.07) is 8.97. The summed E-state index contributed by atoms with van der Waals surface area (Å²) in [6.45, 7) is 2.63. The fraction of sp³-hybridized carbons (Fsp3) is 0.176. The Hall–Kier alpha value is -2.45. The average molecular weight is 399 g/mol. The first kappa shape index (κ1) is 19.9. The number of carbonyl (C=O) groups excluding carboxylic acids is 2. The van der Waals surface area contributed by atoms with E-state index in [-0.39, 0.29) is 16.5 Å². The molecule has 1 N–H and O–H groups in total. The van der Waals surface area contributed by atoms with E-state index in [0.717, 1.165) is 16.4 Å². The summed E-state index contributed by atoms with van der Waals surface area (Å²) in [5.74, 6) is -0.957. The van der Waals surface area contributed by atoms with E-state index in [2.05, 4.69) is 5.32 Å². The average Bonchev–Trinajstić information content (AvgIpc) is 2.54. The van der Waals surface area contributed by atoms with Gasteiger partial charge in [-0.1, -0.05) is 6.07 Å². The number of sulfonamides is 1. The number of carbonyl (C=O) groups is 2. The Morgan fingerprint density at radius 1 is 1.15 bits per heavy atom. The van der Waals surface area contributed by atoms with Crippen molar-refractivity contribution in [1.82, 2.24) is 0 Å². The monoisotopic (exact) mass is 398 g/mol. The molecule has 6 nitrogen and oxygen atoms in total. The van der Waals surface area contributed by atoms with Crippen molar-refractivity contribution in [1.29, 1.82) is 0 Å². The minimum atomic E-state index is -4.21. The summed E-state index contributed by atoms with van der Waals surface area (Å²) in [7, 11) is -4.21. The Morgan fingerprint density at radius 2 is 1.77 bits per heavy atom. The lowest BCUT2D eigenvalue weighted by Gasteiger charge is -2.28. The first-order chi connectivity index (χ1) is 12.1. The molecule has 2 rings (SSSR count). The predicted octanol–water partition coefficient (Wildman–Crippen LogP) is 3.13. The summed E-state index contributed by atoms with van der Waals surface area (Å²) in [4.78, 5) is 22.5. The Bertz CT molecular complexity index is 932. The lowest BCUT2D eigenvalue weighted by Crippen LogP contribution is -2.42. The molecule has 0 aliphatic carbocycles. The zero-order valence-electron chi connectivity index (χ0n) is 13.9. The molecule has 138 valence electrons. The quantitative estimate of drug-likeness (QED) is 0.758. The van der Waals surface area contributed by atoms with Crippen LogP contribution in [0.2, 0.25) is 0 Å². The highest BCUT2D eigenvalue weighted by Gasteiger charge is 2.32. The van der Waals surface area contributed by atoms with E-state index in [1.165, 1.54) is 50.2 Å². The van der Waals surface area contributed by atoms with Crippen LogP contribution < -0.4 is 9.62 Å². The largest absolute Gasteiger partial charge is 0.326 e. The van der Waals surface area contributed by atoms with Crippen molar-refractivity contribution in [3.63, 3.8) is 0 Å². The smallest absolute Gasteiger partial charge is 0.265 e. The van der Waals surface area contributed by atoms with E-state index in [4.69, 9.17) is 11.6 Å². The van der Waals surface area contributed by atoms with Crippen molar-refractivity contribution in [2.75, 3.05) is 9.62 Å². The van der Waals surface area contributed by atoms with Crippen LogP contribution in [0.4, 0.5) is 15.8 Å². The topological polar surface area (TPSA) is 83.6 Å². The van der Waals surface area contributed by atoms with Crippen LogP contribution in [0.15, 0.2) is 53.4 Å². The van der Waals surface area contributed by atoms with Gasteiger partial charge in [-0.25, -0.2) is 12.8 Å². The highest BCUT2D eigenvalue weighted by molar-refractivity contribution is 7.93. The van der Waals surface area contributed by atoms with Gasteiger partial charge in [-0.2, -0.15) is 0 Å². The lowest BCUT2D eigenvalue weighted by molar-refractivity contribution is -0.114. The Morgan fingerprint density at radius 3 is 2.27 bits per heavy atom. The summed E-state index contributed by atoms with van der Waals surface area (Å²) in [5, 5.41) is 1.61.